The fraction of sp³-hybridized carbons (Fsp3) is 0.294. The van der Waals surface area contributed by atoms with Crippen molar-refractivity contribution in [1.82, 2.24) is 29.6 Å². The average molecular weight is 322 g/mol. The van der Waals surface area contributed by atoms with Gasteiger partial charge in [0.2, 0.25) is 5.91 Å². The van der Waals surface area contributed by atoms with Gasteiger partial charge in [-0.15, -0.1) is 0 Å². The van der Waals surface area contributed by atoms with Crippen LogP contribution in [0.5, 0.6) is 0 Å². The number of hydrogen-bond donors (Lipinski definition) is 1. The summed E-state index contributed by atoms with van der Waals surface area (Å²) < 4.78 is 3.77. The van der Waals surface area contributed by atoms with Gasteiger partial charge in [0.05, 0.1) is 24.5 Å². The number of benzene rings is 1. The Morgan fingerprint density at radius 1 is 1.33 bits per heavy atom. The number of nitrogens with zero attached hydrogens (tertiary/aromatic N) is 5. The highest BCUT2D eigenvalue weighted by molar-refractivity contribution is 5.78. The van der Waals surface area contributed by atoms with Gasteiger partial charge in [-0.2, -0.15) is 5.10 Å². The van der Waals surface area contributed by atoms with Gasteiger partial charge in [-0.05, 0) is 18.1 Å². The Balaban J connectivity index is 1.44. The highest BCUT2D eigenvalue weighted by Crippen LogP contribution is 2.18. The molecule has 0 radical (unpaired) electrons. The molecule has 0 spiro atoms. The lowest BCUT2D eigenvalue weighted by Gasteiger charge is -2.22. The second-order valence-electron chi connectivity index (χ2n) is 5.91. The first-order chi connectivity index (χ1) is 11.8. The predicted octanol–water partition coefficient (Wildman–Crippen LogP) is 1.34. The highest BCUT2D eigenvalue weighted by Gasteiger charge is 2.25. The van der Waals surface area contributed by atoms with Crippen LogP contribution in [-0.2, 0) is 24.3 Å². The van der Waals surface area contributed by atoms with Crippen molar-refractivity contribution in [2.45, 2.75) is 25.9 Å². The maximum Gasteiger partial charge on any atom is 0.225 e. The van der Waals surface area contributed by atoms with Gasteiger partial charge in [-0.1, -0.05) is 18.2 Å². The number of imidazole rings is 1. The summed E-state index contributed by atoms with van der Waals surface area (Å²) in [6.45, 7) is 1.10. The van der Waals surface area contributed by atoms with Gasteiger partial charge >= 0.3 is 0 Å². The van der Waals surface area contributed by atoms with Gasteiger partial charge in [0.15, 0.2) is 0 Å². The number of carbonyl (C=O) groups excluding carboxylic acids is 1. The number of rotatable bonds is 4. The van der Waals surface area contributed by atoms with E-state index in [9.17, 15) is 4.79 Å². The van der Waals surface area contributed by atoms with Gasteiger partial charge in [-0.25, -0.2) is 14.6 Å². The molecule has 122 valence electrons. The van der Waals surface area contributed by atoms with E-state index in [0.717, 1.165) is 29.9 Å². The summed E-state index contributed by atoms with van der Waals surface area (Å²) in [4.78, 5) is 20.8. The van der Waals surface area contributed by atoms with E-state index in [1.807, 2.05) is 39.7 Å². The highest BCUT2D eigenvalue weighted by atomic mass is 16.1. The van der Waals surface area contributed by atoms with Crippen LogP contribution in [0.3, 0.4) is 0 Å². The topological polar surface area (TPSA) is 77.6 Å². The Morgan fingerprint density at radius 3 is 3.12 bits per heavy atom. The second-order valence-corrected chi connectivity index (χ2v) is 5.91. The monoisotopic (exact) mass is 322 g/mol. The lowest BCUT2D eigenvalue weighted by molar-refractivity contribution is -0.126. The Bertz CT molecular complexity index is 838. The zero-order chi connectivity index (χ0) is 16.4. The van der Waals surface area contributed by atoms with Gasteiger partial charge in [0.25, 0.3) is 0 Å². The molecular weight excluding hydrogens is 304 g/mol. The molecule has 3 heterocycles. The van der Waals surface area contributed by atoms with E-state index < -0.39 is 0 Å². The standard InChI is InChI=1S/C17H18N6O/c24-17(14-5-6-16-20-11-21-23(16)10-14)19-9-13-3-1-2-4-15(13)22-8-7-18-12-22/h1-4,7-8,11-12,14H,5-6,9-10H2,(H,19,24). The minimum atomic E-state index is -0.0559. The van der Waals surface area contributed by atoms with Crippen LogP contribution in [0.2, 0.25) is 0 Å². The first-order valence-electron chi connectivity index (χ1n) is 8.02. The maximum absolute atomic E-state index is 12.5. The quantitative estimate of drug-likeness (QED) is 0.786. The van der Waals surface area contributed by atoms with Crippen molar-refractivity contribution >= 4 is 5.91 Å². The van der Waals surface area contributed by atoms with Crippen LogP contribution < -0.4 is 5.32 Å². The molecule has 0 saturated carbocycles. The zero-order valence-electron chi connectivity index (χ0n) is 13.2. The summed E-state index contributed by atoms with van der Waals surface area (Å²) in [6, 6.07) is 8.00. The van der Waals surface area contributed by atoms with Crippen LogP contribution in [0.1, 0.15) is 17.8 Å². The van der Waals surface area contributed by atoms with E-state index in [4.69, 9.17) is 0 Å². The zero-order valence-corrected chi connectivity index (χ0v) is 13.2. The van der Waals surface area contributed by atoms with E-state index in [2.05, 4.69) is 20.4 Å². The van der Waals surface area contributed by atoms with Crippen molar-refractivity contribution in [3.05, 3.63) is 60.7 Å². The second kappa shape index (κ2) is 6.27. The normalized spacial score (nSPS) is 16.6. The number of amides is 1. The number of carbonyl (C=O) groups is 1. The molecule has 7 heteroatoms. The SMILES string of the molecule is O=C(NCc1ccccc1-n1ccnc1)C1CCc2ncnn2C1. The molecule has 1 amide bonds. The van der Waals surface area contributed by atoms with Crippen molar-refractivity contribution in [3.8, 4) is 5.69 Å². The van der Waals surface area contributed by atoms with Crippen LogP contribution in [0.25, 0.3) is 5.69 Å². The molecule has 4 rings (SSSR count). The van der Waals surface area contributed by atoms with Crippen molar-refractivity contribution < 1.29 is 4.79 Å². The summed E-state index contributed by atoms with van der Waals surface area (Å²) in [5, 5.41) is 7.23. The number of aromatic nitrogens is 5. The summed E-state index contributed by atoms with van der Waals surface area (Å²) in [7, 11) is 0. The Morgan fingerprint density at radius 2 is 2.25 bits per heavy atom. The number of para-hydroxylation sites is 1. The number of fused-ring (bicyclic) bond motifs is 1. The molecule has 2 aromatic heterocycles. The molecule has 7 nitrogen and oxygen atoms in total. The molecule has 1 aromatic carbocycles. The number of aryl methyl sites for hydroxylation is 1. The Hall–Kier alpha value is -2.96. The number of nitrogens with one attached hydrogen (secondary N) is 1. The van der Waals surface area contributed by atoms with E-state index in [-0.39, 0.29) is 11.8 Å². The smallest absolute Gasteiger partial charge is 0.225 e. The molecule has 1 aliphatic heterocycles. The van der Waals surface area contributed by atoms with Crippen molar-refractivity contribution in [2.75, 3.05) is 0 Å². The van der Waals surface area contributed by atoms with E-state index in [1.54, 1.807) is 18.9 Å². The largest absolute Gasteiger partial charge is 0.352 e. The summed E-state index contributed by atoms with van der Waals surface area (Å²) in [5.41, 5.74) is 2.08. The minimum absolute atomic E-state index is 0.0559. The van der Waals surface area contributed by atoms with Crippen LogP contribution in [0.4, 0.5) is 0 Å². The van der Waals surface area contributed by atoms with Crippen molar-refractivity contribution in [3.63, 3.8) is 0 Å². The Kier molecular flexibility index (Phi) is 3.82. The fourth-order valence-electron chi connectivity index (χ4n) is 3.09. The summed E-state index contributed by atoms with van der Waals surface area (Å²) in [6.07, 6.45) is 8.56. The van der Waals surface area contributed by atoms with Crippen LogP contribution in [-0.4, -0.2) is 30.2 Å². The van der Waals surface area contributed by atoms with Gasteiger partial charge < -0.3 is 9.88 Å². The van der Waals surface area contributed by atoms with E-state index in [0.29, 0.717) is 13.1 Å². The van der Waals surface area contributed by atoms with Crippen LogP contribution in [0.15, 0.2) is 49.3 Å². The molecular formula is C17H18N6O. The lowest BCUT2D eigenvalue weighted by Crippen LogP contribution is -2.36. The molecule has 1 aliphatic rings. The molecule has 1 atom stereocenters. The van der Waals surface area contributed by atoms with Gasteiger partial charge in [0.1, 0.15) is 12.2 Å². The predicted molar refractivity (Wildman–Crippen MR) is 87.2 cm³/mol. The Labute approximate surface area is 139 Å². The molecule has 24 heavy (non-hydrogen) atoms. The van der Waals surface area contributed by atoms with Crippen LogP contribution >= 0.6 is 0 Å². The molecule has 1 N–H and O–H groups in total. The van der Waals surface area contributed by atoms with Crippen molar-refractivity contribution in [2.24, 2.45) is 5.92 Å². The minimum Gasteiger partial charge on any atom is -0.352 e. The fourth-order valence-corrected chi connectivity index (χ4v) is 3.09. The van der Waals surface area contributed by atoms with Crippen LogP contribution in [0, 0.1) is 5.92 Å². The average Bonchev–Trinajstić information content (AvgIpc) is 3.30. The molecule has 0 fully saturated rings. The third-order valence-corrected chi connectivity index (χ3v) is 4.40. The van der Waals surface area contributed by atoms with Crippen molar-refractivity contribution in [1.29, 1.82) is 0 Å². The van der Waals surface area contributed by atoms with E-state index >= 15 is 0 Å². The lowest BCUT2D eigenvalue weighted by atomic mass is 9.98. The molecule has 0 aliphatic carbocycles. The third kappa shape index (κ3) is 2.80. The summed E-state index contributed by atoms with van der Waals surface area (Å²) in [5.74, 6) is 0.973. The van der Waals surface area contributed by atoms with E-state index in [1.165, 1.54) is 0 Å². The summed E-state index contributed by atoms with van der Waals surface area (Å²) >= 11 is 0. The first-order valence-corrected chi connectivity index (χ1v) is 8.02. The van der Waals surface area contributed by atoms with Gasteiger partial charge in [-0.3, -0.25) is 4.79 Å². The molecule has 3 aromatic rings. The molecule has 1 unspecified atom stereocenters. The third-order valence-electron chi connectivity index (χ3n) is 4.40. The van der Waals surface area contributed by atoms with Gasteiger partial charge in [0, 0.05) is 25.4 Å². The number of hydrogen-bond acceptors (Lipinski definition) is 4. The molecule has 0 bridgehead atoms. The molecule has 0 saturated heterocycles. The maximum atomic E-state index is 12.5. The first kappa shape index (κ1) is 14.6.